The topological polar surface area (TPSA) is 67.2 Å². The Morgan fingerprint density at radius 2 is 1.96 bits per heavy atom. The molecule has 1 aromatic heterocycles. The van der Waals surface area contributed by atoms with E-state index in [2.05, 4.69) is 15.3 Å². The maximum Gasteiger partial charge on any atom is 0.288 e. The molecule has 138 valence electrons. The Labute approximate surface area is 161 Å². The molecule has 2 aromatic rings. The molecular formula is C18H20Cl2N4O2. The number of nitrogens with one attached hydrogen (secondary N) is 1. The molecule has 1 aliphatic heterocycles. The van der Waals surface area contributed by atoms with Crippen LogP contribution in [0.15, 0.2) is 29.2 Å². The minimum absolute atomic E-state index is 0.105. The Kier molecular flexibility index (Phi) is 5.84. The zero-order chi connectivity index (χ0) is 18.7. The van der Waals surface area contributed by atoms with Crippen molar-refractivity contribution in [1.29, 1.82) is 0 Å². The number of hydrogen-bond donors (Lipinski definition) is 1. The predicted molar refractivity (Wildman–Crippen MR) is 104 cm³/mol. The van der Waals surface area contributed by atoms with E-state index in [-0.39, 0.29) is 17.5 Å². The van der Waals surface area contributed by atoms with Crippen LogP contribution < -0.4 is 15.8 Å². The van der Waals surface area contributed by atoms with Gasteiger partial charge in [0.25, 0.3) is 5.56 Å². The second-order valence-corrected chi connectivity index (χ2v) is 7.15. The van der Waals surface area contributed by atoms with Gasteiger partial charge in [0.05, 0.1) is 11.9 Å². The molecule has 2 heterocycles. The van der Waals surface area contributed by atoms with Crippen molar-refractivity contribution in [3.8, 4) is 0 Å². The minimum atomic E-state index is -0.466. The lowest BCUT2D eigenvalue weighted by atomic mass is 10.1. The third-order valence-corrected chi connectivity index (χ3v) is 5.17. The smallest absolute Gasteiger partial charge is 0.288 e. The van der Waals surface area contributed by atoms with E-state index in [4.69, 9.17) is 23.2 Å². The van der Waals surface area contributed by atoms with Gasteiger partial charge in [0.2, 0.25) is 5.91 Å². The molecule has 1 N–H and O–H groups in total. The van der Waals surface area contributed by atoms with Crippen LogP contribution in [0.1, 0.15) is 24.8 Å². The number of nitrogens with zero attached hydrogens (tertiary/aromatic N) is 3. The first kappa shape index (κ1) is 18.7. The van der Waals surface area contributed by atoms with Crippen molar-refractivity contribution in [3.63, 3.8) is 0 Å². The fourth-order valence-corrected chi connectivity index (χ4v) is 3.38. The Morgan fingerprint density at radius 3 is 2.65 bits per heavy atom. The Balaban J connectivity index is 1.73. The van der Waals surface area contributed by atoms with E-state index in [0.29, 0.717) is 16.4 Å². The molecule has 3 rings (SSSR count). The maximum absolute atomic E-state index is 12.5. The monoisotopic (exact) mass is 394 g/mol. The first-order chi connectivity index (χ1) is 12.5. The highest BCUT2D eigenvalue weighted by molar-refractivity contribution is 6.33. The molecule has 0 aliphatic carbocycles. The highest BCUT2D eigenvalue weighted by atomic mass is 35.5. The largest absolute Gasteiger partial charge is 0.369 e. The molecule has 6 nitrogen and oxygen atoms in total. The van der Waals surface area contributed by atoms with Gasteiger partial charge in [-0.2, -0.15) is 5.10 Å². The van der Waals surface area contributed by atoms with Crippen molar-refractivity contribution in [2.45, 2.75) is 32.7 Å². The summed E-state index contributed by atoms with van der Waals surface area (Å²) in [6.07, 6.45) is 4.88. The summed E-state index contributed by atoms with van der Waals surface area (Å²) < 4.78 is 1.07. The first-order valence-electron chi connectivity index (χ1n) is 8.52. The van der Waals surface area contributed by atoms with Gasteiger partial charge in [0.1, 0.15) is 11.6 Å². The summed E-state index contributed by atoms with van der Waals surface area (Å²) in [7, 11) is 0. The van der Waals surface area contributed by atoms with Crippen LogP contribution in [0.2, 0.25) is 10.0 Å². The number of rotatable bonds is 4. The van der Waals surface area contributed by atoms with Gasteiger partial charge in [-0.25, -0.2) is 4.68 Å². The molecule has 26 heavy (non-hydrogen) atoms. The summed E-state index contributed by atoms with van der Waals surface area (Å²) in [5.74, 6) is -0.374. The SMILES string of the molecule is Cc1ccc(NC(=O)Cn2ncc(N3CCCCC3)c(Cl)c2=O)cc1Cl. The van der Waals surface area contributed by atoms with E-state index in [1.54, 1.807) is 18.3 Å². The highest BCUT2D eigenvalue weighted by Gasteiger charge is 2.18. The van der Waals surface area contributed by atoms with Gasteiger partial charge in [0, 0.05) is 23.8 Å². The van der Waals surface area contributed by atoms with E-state index in [9.17, 15) is 9.59 Å². The van der Waals surface area contributed by atoms with Crippen molar-refractivity contribution >= 4 is 40.5 Å². The van der Waals surface area contributed by atoms with Crippen LogP contribution in [-0.2, 0) is 11.3 Å². The summed E-state index contributed by atoms with van der Waals surface area (Å²) in [5.41, 5.74) is 1.66. The van der Waals surface area contributed by atoms with Gasteiger partial charge in [-0.1, -0.05) is 29.3 Å². The fraction of sp³-hybridized carbons (Fsp3) is 0.389. The van der Waals surface area contributed by atoms with Gasteiger partial charge in [-0.05, 0) is 43.9 Å². The molecule has 1 amide bonds. The third kappa shape index (κ3) is 4.19. The van der Waals surface area contributed by atoms with Crippen LogP contribution in [0.5, 0.6) is 0 Å². The van der Waals surface area contributed by atoms with E-state index >= 15 is 0 Å². The molecule has 0 atom stereocenters. The van der Waals surface area contributed by atoms with Crippen LogP contribution in [0.4, 0.5) is 11.4 Å². The van der Waals surface area contributed by atoms with Gasteiger partial charge < -0.3 is 10.2 Å². The van der Waals surface area contributed by atoms with Crippen LogP contribution >= 0.6 is 23.2 Å². The predicted octanol–water partition coefficient (Wildman–Crippen LogP) is 3.49. The Morgan fingerprint density at radius 1 is 1.23 bits per heavy atom. The van der Waals surface area contributed by atoms with Gasteiger partial charge in [-0.3, -0.25) is 9.59 Å². The number of anilines is 2. The molecule has 1 saturated heterocycles. The summed E-state index contributed by atoms with van der Waals surface area (Å²) in [6, 6.07) is 5.23. The molecule has 0 unspecified atom stereocenters. The molecule has 0 saturated carbocycles. The molecular weight excluding hydrogens is 375 g/mol. The van der Waals surface area contributed by atoms with Gasteiger partial charge >= 0.3 is 0 Å². The molecule has 0 radical (unpaired) electrons. The second kappa shape index (κ2) is 8.10. The lowest BCUT2D eigenvalue weighted by molar-refractivity contribution is -0.117. The van der Waals surface area contributed by atoms with Crippen LogP contribution in [0, 0.1) is 6.92 Å². The number of hydrogen-bond acceptors (Lipinski definition) is 4. The molecule has 8 heteroatoms. The van der Waals surface area contributed by atoms with Crippen molar-refractivity contribution < 1.29 is 4.79 Å². The molecule has 1 aromatic carbocycles. The second-order valence-electron chi connectivity index (χ2n) is 6.37. The van der Waals surface area contributed by atoms with Crippen LogP contribution in [0.25, 0.3) is 0 Å². The number of benzene rings is 1. The number of aromatic nitrogens is 2. The number of carbonyl (C=O) groups is 1. The van der Waals surface area contributed by atoms with E-state index < -0.39 is 5.56 Å². The zero-order valence-electron chi connectivity index (χ0n) is 14.5. The number of halogens is 2. The lowest BCUT2D eigenvalue weighted by Crippen LogP contribution is -2.34. The number of aryl methyl sites for hydroxylation is 1. The minimum Gasteiger partial charge on any atom is -0.369 e. The quantitative estimate of drug-likeness (QED) is 0.861. The average Bonchev–Trinajstić information content (AvgIpc) is 2.63. The van der Waals surface area contributed by atoms with E-state index in [1.807, 2.05) is 13.0 Å². The van der Waals surface area contributed by atoms with Crippen molar-refractivity contribution in [1.82, 2.24) is 9.78 Å². The molecule has 1 fully saturated rings. The van der Waals surface area contributed by atoms with E-state index in [0.717, 1.165) is 36.2 Å². The zero-order valence-corrected chi connectivity index (χ0v) is 16.0. The van der Waals surface area contributed by atoms with Gasteiger partial charge in [-0.15, -0.1) is 0 Å². The number of amides is 1. The number of piperidine rings is 1. The lowest BCUT2D eigenvalue weighted by Gasteiger charge is -2.29. The fourth-order valence-electron chi connectivity index (χ4n) is 2.93. The van der Waals surface area contributed by atoms with Crippen LogP contribution in [0.3, 0.4) is 0 Å². The maximum atomic E-state index is 12.5. The molecule has 1 aliphatic rings. The third-order valence-electron chi connectivity index (χ3n) is 4.41. The van der Waals surface area contributed by atoms with Gasteiger partial charge in [0.15, 0.2) is 0 Å². The Hall–Kier alpha value is -2.05. The Bertz CT molecular complexity index is 876. The summed E-state index contributed by atoms with van der Waals surface area (Å²) in [6.45, 7) is 3.38. The highest BCUT2D eigenvalue weighted by Crippen LogP contribution is 2.24. The van der Waals surface area contributed by atoms with Crippen LogP contribution in [-0.4, -0.2) is 28.8 Å². The molecule has 0 spiro atoms. The van der Waals surface area contributed by atoms with E-state index in [1.165, 1.54) is 6.42 Å². The summed E-state index contributed by atoms with van der Waals surface area (Å²) in [5, 5.41) is 7.49. The first-order valence-corrected chi connectivity index (χ1v) is 9.28. The average molecular weight is 395 g/mol. The number of carbonyl (C=O) groups excluding carboxylic acids is 1. The normalized spacial score (nSPS) is 14.3. The van der Waals surface area contributed by atoms with Crippen molar-refractivity contribution in [3.05, 3.63) is 50.4 Å². The summed E-state index contributed by atoms with van der Waals surface area (Å²) in [4.78, 5) is 26.7. The standard InChI is InChI=1S/C18H20Cl2N4O2/c1-12-5-6-13(9-14(12)19)22-16(25)11-24-18(26)17(20)15(10-21-24)23-7-3-2-4-8-23/h5-6,9-10H,2-4,7-8,11H2,1H3,(H,22,25). The van der Waals surface area contributed by atoms with Crippen molar-refractivity contribution in [2.75, 3.05) is 23.3 Å². The summed E-state index contributed by atoms with van der Waals surface area (Å²) >= 11 is 12.3. The van der Waals surface area contributed by atoms with Crippen molar-refractivity contribution in [2.24, 2.45) is 0 Å². The molecule has 0 bridgehead atoms.